The molecule has 0 amide bonds. The summed E-state index contributed by atoms with van der Waals surface area (Å²) >= 11 is -5.11. The molecule has 11 heteroatoms. The predicted molar refractivity (Wildman–Crippen MR) is 66.7 cm³/mol. The quantitative estimate of drug-likeness (QED) is 0.397. The SMILES string of the molecule is Nc1nc(N)nc(Nc2ccc([As](=O)([O-])O)cc2)n1.[Na+]. The van der Waals surface area contributed by atoms with Gasteiger partial charge in [-0.15, -0.1) is 0 Å². The van der Waals surface area contributed by atoms with Crippen LogP contribution in [-0.2, 0) is 3.74 Å². The molecule has 100 valence electrons. The van der Waals surface area contributed by atoms with Crippen LogP contribution < -0.4 is 54.8 Å². The van der Waals surface area contributed by atoms with Gasteiger partial charge in [-0.2, -0.15) is 0 Å². The number of nitrogens with two attached hydrogens (primary N) is 2. The zero-order valence-electron chi connectivity index (χ0n) is 10.5. The standard InChI is InChI=1S/C9H11AsN6O3.Na/c11-7-14-8(12)16-9(15-7)13-6-3-1-5(2-4-6)10(17,18)19;/h1-4H,(H2,17,18,19)(H5,11,12,13,14,15,16);/q;+1/p-1. The molecule has 20 heavy (non-hydrogen) atoms. The summed E-state index contributed by atoms with van der Waals surface area (Å²) in [7, 11) is 0. The molecule has 0 spiro atoms. The van der Waals surface area contributed by atoms with Crippen molar-refractivity contribution in [1.82, 2.24) is 15.0 Å². The first-order chi connectivity index (χ1) is 8.84. The van der Waals surface area contributed by atoms with Gasteiger partial charge < -0.3 is 0 Å². The van der Waals surface area contributed by atoms with E-state index in [2.05, 4.69) is 20.3 Å². The van der Waals surface area contributed by atoms with Crippen LogP contribution in [0.4, 0.5) is 23.5 Å². The Hall–Kier alpha value is -1.09. The van der Waals surface area contributed by atoms with E-state index in [1.807, 2.05) is 0 Å². The molecular formula is C9H10AsN6NaO3. The molecule has 2 rings (SSSR count). The van der Waals surface area contributed by atoms with E-state index in [0.717, 1.165) is 0 Å². The Labute approximate surface area is 139 Å². The predicted octanol–water partition coefficient (Wildman–Crippen LogP) is -5.29. The second kappa shape index (κ2) is 6.57. The minimum absolute atomic E-state index is 0. The molecule has 0 aliphatic rings. The first-order valence-corrected chi connectivity index (χ1v) is 8.34. The van der Waals surface area contributed by atoms with E-state index in [9.17, 15) is 7.84 Å². The van der Waals surface area contributed by atoms with Crippen LogP contribution in [0.25, 0.3) is 0 Å². The first-order valence-electron chi connectivity index (χ1n) is 5.03. The molecule has 0 fully saturated rings. The second-order valence-electron chi connectivity index (χ2n) is 3.57. The van der Waals surface area contributed by atoms with Crippen LogP contribution in [0.2, 0.25) is 0 Å². The van der Waals surface area contributed by atoms with Crippen molar-refractivity contribution in [2.24, 2.45) is 0 Å². The van der Waals surface area contributed by atoms with Crippen molar-refractivity contribution in [2.75, 3.05) is 16.8 Å². The molecule has 1 atom stereocenters. The topological polar surface area (TPSA) is 163 Å². The number of nitrogens with zero attached hydrogens (tertiary/aromatic N) is 3. The van der Waals surface area contributed by atoms with Gasteiger partial charge in [0.05, 0.1) is 0 Å². The number of rotatable bonds is 3. The van der Waals surface area contributed by atoms with Gasteiger partial charge >= 0.3 is 140 Å². The normalized spacial score (nSPS) is 13.1. The summed E-state index contributed by atoms with van der Waals surface area (Å²) in [6.07, 6.45) is 0. The molecule has 2 aromatic rings. The number of hydrogen-bond donors (Lipinski definition) is 4. The number of nitrogen functional groups attached to an aromatic ring is 2. The number of aromatic nitrogens is 3. The van der Waals surface area contributed by atoms with Crippen molar-refractivity contribution in [2.45, 2.75) is 0 Å². The number of anilines is 4. The zero-order valence-corrected chi connectivity index (χ0v) is 14.4. The molecule has 0 aliphatic heterocycles. The third-order valence-electron chi connectivity index (χ3n) is 2.12. The third kappa shape index (κ3) is 4.48. The average Bonchev–Trinajstić information content (AvgIpc) is 2.26. The van der Waals surface area contributed by atoms with E-state index in [4.69, 9.17) is 15.6 Å². The van der Waals surface area contributed by atoms with E-state index in [0.29, 0.717) is 5.69 Å². The van der Waals surface area contributed by atoms with Crippen molar-refractivity contribution in [3.63, 3.8) is 0 Å². The Morgan fingerprint density at radius 3 is 2.05 bits per heavy atom. The molecule has 0 saturated carbocycles. The Morgan fingerprint density at radius 1 is 1.10 bits per heavy atom. The van der Waals surface area contributed by atoms with Gasteiger partial charge in [0.2, 0.25) is 0 Å². The van der Waals surface area contributed by atoms with Crippen LogP contribution >= 0.6 is 0 Å². The van der Waals surface area contributed by atoms with Crippen molar-refractivity contribution in [3.8, 4) is 0 Å². The summed E-state index contributed by atoms with van der Waals surface area (Å²) in [5, 5.41) is 2.78. The van der Waals surface area contributed by atoms with Crippen molar-refractivity contribution in [1.29, 1.82) is 0 Å². The minimum Gasteiger partial charge on any atom is 1.00 e. The van der Waals surface area contributed by atoms with Gasteiger partial charge in [0, 0.05) is 0 Å². The van der Waals surface area contributed by atoms with Gasteiger partial charge in [-0.05, 0) is 0 Å². The molecule has 0 radical (unpaired) electrons. The molecule has 9 nitrogen and oxygen atoms in total. The average molecular weight is 348 g/mol. The Bertz CT molecular complexity index is 626. The van der Waals surface area contributed by atoms with Gasteiger partial charge in [0.15, 0.2) is 0 Å². The van der Waals surface area contributed by atoms with E-state index in [1.165, 1.54) is 24.3 Å². The maximum Gasteiger partial charge on any atom is 1.00 e. The molecule has 6 N–H and O–H groups in total. The zero-order chi connectivity index (χ0) is 14.0. The molecule has 1 unspecified atom stereocenters. The van der Waals surface area contributed by atoms with Crippen LogP contribution in [-0.4, -0.2) is 33.2 Å². The van der Waals surface area contributed by atoms with E-state index in [-0.39, 0.29) is 51.8 Å². The second-order valence-corrected chi connectivity index (χ2v) is 6.83. The molecule has 1 aromatic carbocycles. The maximum atomic E-state index is 10.9. The fraction of sp³-hybridized carbons (Fsp3) is 0. The van der Waals surface area contributed by atoms with Crippen molar-refractivity contribution in [3.05, 3.63) is 24.3 Å². The first kappa shape index (κ1) is 17.0. The Balaban J connectivity index is 0.00000200. The smallest absolute Gasteiger partial charge is 1.00 e. The monoisotopic (exact) mass is 348 g/mol. The van der Waals surface area contributed by atoms with Crippen LogP contribution in [0.3, 0.4) is 0 Å². The van der Waals surface area contributed by atoms with Gasteiger partial charge in [-0.1, -0.05) is 0 Å². The maximum absolute atomic E-state index is 10.9. The van der Waals surface area contributed by atoms with Gasteiger partial charge in [-0.3, -0.25) is 0 Å². The Kier molecular flexibility index (Phi) is 5.57. The van der Waals surface area contributed by atoms with Crippen LogP contribution in [0, 0.1) is 0 Å². The van der Waals surface area contributed by atoms with Crippen molar-refractivity contribution < 1.29 is 41.5 Å². The van der Waals surface area contributed by atoms with E-state index < -0.39 is 14.2 Å². The summed E-state index contributed by atoms with van der Waals surface area (Å²) in [5.41, 5.74) is 11.3. The molecule has 0 saturated heterocycles. The largest absolute Gasteiger partial charge is 1.00 e. The molecular weight excluding hydrogens is 338 g/mol. The van der Waals surface area contributed by atoms with E-state index >= 15 is 0 Å². The van der Waals surface area contributed by atoms with Crippen LogP contribution in [0.5, 0.6) is 0 Å². The number of benzene rings is 1. The number of nitrogens with one attached hydrogen (secondary N) is 1. The summed E-state index contributed by atoms with van der Waals surface area (Å²) in [4.78, 5) is 11.2. The fourth-order valence-corrected chi connectivity index (χ4v) is 2.43. The Morgan fingerprint density at radius 2 is 1.60 bits per heavy atom. The summed E-state index contributed by atoms with van der Waals surface area (Å²) in [6.45, 7) is 0. The van der Waals surface area contributed by atoms with Gasteiger partial charge in [-0.25, -0.2) is 0 Å². The van der Waals surface area contributed by atoms with Crippen LogP contribution in [0.1, 0.15) is 0 Å². The van der Waals surface area contributed by atoms with Gasteiger partial charge in [0.25, 0.3) is 0 Å². The third-order valence-corrected chi connectivity index (χ3v) is 4.11. The summed E-state index contributed by atoms with van der Waals surface area (Å²) < 4.78 is 30.7. The molecule has 1 heterocycles. The van der Waals surface area contributed by atoms with Gasteiger partial charge in [0.1, 0.15) is 0 Å². The minimum atomic E-state index is -5.11. The molecule has 0 bridgehead atoms. The summed E-state index contributed by atoms with van der Waals surface area (Å²) in [5.74, 6) is 0.0703. The van der Waals surface area contributed by atoms with Crippen molar-refractivity contribution >= 4 is 42.1 Å². The molecule has 1 aromatic heterocycles. The fourth-order valence-electron chi connectivity index (χ4n) is 1.33. The molecule has 0 aliphatic carbocycles. The van der Waals surface area contributed by atoms with E-state index in [1.54, 1.807) is 0 Å². The number of hydrogen-bond acceptors (Lipinski definition) is 8. The van der Waals surface area contributed by atoms with Crippen LogP contribution in [0.15, 0.2) is 24.3 Å². The summed E-state index contributed by atoms with van der Waals surface area (Å²) in [6, 6.07) is 5.44.